The zero-order chi connectivity index (χ0) is 15.3. The van der Waals surface area contributed by atoms with Gasteiger partial charge < -0.3 is 10.2 Å². The Morgan fingerprint density at radius 3 is 2.48 bits per heavy atom. The highest BCUT2D eigenvalue weighted by atomic mass is 32.2. The van der Waals surface area contributed by atoms with Crippen molar-refractivity contribution in [1.29, 1.82) is 0 Å². The van der Waals surface area contributed by atoms with Crippen molar-refractivity contribution in [3.63, 3.8) is 0 Å². The van der Waals surface area contributed by atoms with Crippen LogP contribution in [0.1, 0.15) is 24.9 Å². The quantitative estimate of drug-likeness (QED) is 0.880. The highest BCUT2D eigenvalue weighted by Crippen LogP contribution is 2.11. The number of sulfone groups is 1. The minimum Gasteiger partial charge on any atom is -0.350 e. The molecular formula is C15H22N2O3S. The summed E-state index contributed by atoms with van der Waals surface area (Å²) in [6.45, 7) is 3.64. The van der Waals surface area contributed by atoms with Crippen molar-refractivity contribution in [1.82, 2.24) is 10.2 Å². The van der Waals surface area contributed by atoms with E-state index >= 15 is 0 Å². The van der Waals surface area contributed by atoms with Crippen molar-refractivity contribution in [2.24, 2.45) is 0 Å². The molecule has 0 aromatic heterocycles. The topological polar surface area (TPSA) is 66.5 Å². The van der Waals surface area contributed by atoms with Crippen LogP contribution in [0.2, 0.25) is 0 Å². The Morgan fingerprint density at radius 1 is 1.24 bits per heavy atom. The first-order valence-electron chi connectivity index (χ1n) is 7.23. The van der Waals surface area contributed by atoms with Crippen LogP contribution in [0, 0.1) is 0 Å². The lowest BCUT2D eigenvalue weighted by Gasteiger charge is -2.26. The molecule has 1 saturated heterocycles. The van der Waals surface area contributed by atoms with Crippen molar-refractivity contribution in [3.8, 4) is 0 Å². The maximum Gasteiger partial charge on any atom is 0.221 e. The Bertz CT molecular complexity index is 558. The number of nitrogens with zero attached hydrogens (tertiary/aromatic N) is 1. The number of hydrogen-bond donors (Lipinski definition) is 1. The van der Waals surface area contributed by atoms with E-state index in [2.05, 4.69) is 5.32 Å². The molecule has 6 heteroatoms. The van der Waals surface area contributed by atoms with Crippen LogP contribution in [0.5, 0.6) is 0 Å². The van der Waals surface area contributed by atoms with Gasteiger partial charge in [-0.05, 0) is 12.5 Å². The number of hydrogen-bond acceptors (Lipinski definition) is 4. The molecule has 1 aromatic rings. The molecule has 0 saturated carbocycles. The summed E-state index contributed by atoms with van der Waals surface area (Å²) in [5.74, 6) is 0.407. The molecule has 116 valence electrons. The molecule has 2 rings (SSSR count). The lowest BCUT2D eigenvalue weighted by molar-refractivity contribution is -0.122. The summed E-state index contributed by atoms with van der Waals surface area (Å²) in [4.78, 5) is 14.0. The molecule has 0 bridgehead atoms. The third-order valence-electron chi connectivity index (χ3n) is 3.77. The molecule has 1 aromatic carbocycles. The highest BCUT2D eigenvalue weighted by Gasteiger charge is 2.21. The Morgan fingerprint density at radius 2 is 1.86 bits per heavy atom. The lowest BCUT2D eigenvalue weighted by Crippen LogP contribution is -2.42. The molecule has 0 aliphatic carbocycles. The number of rotatable bonds is 5. The first-order valence-corrected chi connectivity index (χ1v) is 9.05. The molecule has 1 atom stereocenters. The molecular weight excluding hydrogens is 288 g/mol. The second-order valence-corrected chi connectivity index (χ2v) is 7.75. The van der Waals surface area contributed by atoms with Crippen LogP contribution in [0.3, 0.4) is 0 Å². The van der Waals surface area contributed by atoms with Gasteiger partial charge in [0.2, 0.25) is 5.91 Å². The number of nitrogens with one attached hydrogen (secondary N) is 1. The largest absolute Gasteiger partial charge is 0.350 e. The normalized spacial score (nSPS) is 19.9. The summed E-state index contributed by atoms with van der Waals surface area (Å²) in [6, 6.07) is 9.81. The molecule has 0 spiro atoms. The maximum atomic E-state index is 11.9. The van der Waals surface area contributed by atoms with Crippen LogP contribution in [0.25, 0.3) is 0 Å². The number of amides is 1. The summed E-state index contributed by atoms with van der Waals surface area (Å²) in [7, 11) is -2.85. The van der Waals surface area contributed by atoms with E-state index in [1.54, 1.807) is 0 Å². The molecule has 1 aliphatic rings. The van der Waals surface area contributed by atoms with Crippen LogP contribution in [0.15, 0.2) is 30.3 Å². The van der Waals surface area contributed by atoms with Crippen molar-refractivity contribution < 1.29 is 13.2 Å². The predicted molar refractivity (Wildman–Crippen MR) is 82.7 cm³/mol. The second-order valence-electron chi connectivity index (χ2n) is 5.44. The summed E-state index contributed by atoms with van der Waals surface area (Å²) in [5, 5.41) is 2.97. The molecule has 0 radical (unpaired) electrons. The van der Waals surface area contributed by atoms with Gasteiger partial charge in [0.05, 0.1) is 17.5 Å². The minimum absolute atomic E-state index is 0.000200. The van der Waals surface area contributed by atoms with Gasteiger partial charge in [0.15, 0.2) is 9.84 Å². The Labute approximate surface area is 126 Å². The molecule has 5 nitrogen and oxygen atoms in total. The summed E-state index contributed by atoms with van der Waals surface area (Å²) in [5.41, 5.74) is 1.08. The van der Waals surface area contributed by atoms with E-state index in [-0.39, 0.29) is 23.5 Å². The van der Waals surface area contributed by atoms with E-state index in [9.17, 15) is 13.2 Å². The van der Waals surface area contributed by atoms with Crippen LogP contribution in [-0.4, -0.2) is 50.4 Å². The zero-order valence-corrected chi connectivity index (χ0v) is 13.1. The van der Waals surface area contributed by atoms with Gasteiger partial charge in [-0.25, -0.2) is 8.42 Å². The van der Waals surface area contributed by atoms with Crippen LogP contribution < -0.4 is 5.32 Å². The standard InChI is InChI=1S/C15H22N2O3S/c1-13(14-5-3-2-4-6-14)16-15(18)7-8-17-9-11-21(19,20)12-10-17/h2-6,13H,7-12H2,1H3,(H,16,18)/t13-/m0/s1. The summed E-state index contributed by atoms with van der Waals surface area (Å²) in [6.07, 6.45) is 0.400. The van der Waals surface area contributed by atoms with Gasteiger partial charge in [-0.1, -0.05) is 30.3 Å². The molecule has 1 aliphatic heterocycles. The predicted octanol–water partition coefficient (Wildman–Crippen LogP) is 0.984. The van der Waals surface area contributed by atoms with Crippen LogP contribution in [-0.2, 0) is 14.6 Å². The van der Waals surface area contributed by atoms with Gasteiger partial charge in [-0.15, -0.1) is 0 Å². The molecule has 21 heavy (non-hydrogen) atoms. The van der Waals surface area contributed by atoms with E-state index in [0.717, 1.165) is 5.56 Å². The van der Waals surface area contributed by atoms with E-state index in [1.165, 1.54) is 0 Å². The Balaban J connectivity index is 1.73. The first-order chi connectivity index (χ1) is 9.96. The fourth-order valence-corrected chi connectivity index (χ4v) is 3.65. The van der Waals surface area contributed by atoms with E-state index in [0.29, 0.717) is 26.1 Å². The Kier molecular flexibility index (Phi) is 5.36. The van der Waals surface area contributed by atoms with Gasteiger partial charge in [0.1, 0.15) is 0 Å². The van der Waals surface area contributed by atoms with Gasteiger partial charge in [0, 0.05) is 26.1 Å². The number of benzene rings is 1. The fourth-order valence-electron chi connectivity index (χ4n) is 2.37. The zero-order valence-electron chi connectivity index (χ0n) is 12.3. The summed E-state index contributed by atoms with van der Waals surface area (Å²) >= 11 is 0. The number of carbonyl (C=O) groups is 1. The molecule has 0 unspecified atom stereocenters. The van der Waals surface area contributed by atoms with E-state index in [1.807, 2.05) is 42.2 Å². The average Bonchev–Trinajstić information content (AvgIpc) is 2.47. The lowest BCUT2D eigenvalue weighted by atomic mass is 10.1. The molecule has 1 N–H and O–H groups in total. The molecule has 1 heterocycles. The van der Waals surface area contributed by atoms with E-state index < -0.39 is 9.84 Å². The SMILES string of the molecule is C[C@H](NC(=O)CCN1CCS(=O)(=O)CC1)c1ccccc1. The molecule has 1 amide bonds. The second kappa shape index (κ2) is 7.04. The van der Waals surface area contributed by atoms with Crippen LogP contribution in [0.4, 0.5) is 0 Å². The average molecular weight is 310 g/mol. The van der Waals surface area contributed by atoms with Gasteiger partial charge in [0.25, 0.3) is 0 Å². The minimum atomic E-state index is -2.85. The Hall–Kier alpha value is -1.40. The highest BCUT2D eigenvalue weighted by molar-refractivity contribution is 7.91. The van der Waals surface area contributed by atoms with Crippen molar-refractivity contribution in [2.45, 2.75) is 19.4 Å². The fraction of sp³-hybridized carbons (Fsp3) is 0.533. The van der Waals surface area contributed by atoms with Crippen LogP contribution >= 0.6 is 0 Å². The van der Waals surface area contributed by atoms with Crippen molar-refractivity contribution >= 4 is 15.7 Å². The summed E-state index contributed by atoms with van der Waals surface area (Å²) < 4.78 is 22.7. The van der Waals surface area contributed by atoms with Gasteiger partial charge in [-0.3, -0.25) is 4.79 Å². The maximum absolute atomic E-state index is 11.9. The van der Waals surface area contributed by atoms with Gasteiger partial charge >= 0.3 is 0 Å². The third kappa shape index (κ3) is 5.13. The molecule has 1 fully saturated rings. The first kappa shape index (κ1) is 16.0. The van der Waals surface area contributed by atoms with E-state index in [4.69, 9.17) is 0 Å². The third-order valence-corrected chi connectivity index (χ3v) is 5.38. The van der Waals surface area contributed by atoms with Crippen molar-refractivity contribution in [3.05, 3.63) is 35.9 Å². The van der Waals surface area contributed by atoms with Gasteiger partial charge in [-0.2, -0.15) is 0 Å². The smallest absolute Gasteiger partial charge is 0.221 e. The number of carbonyl (C=O) groups excluding carboxylic acids is 1. The van der Waals surface area contributed by atoms with Crippen molar-refractivity contribution in [2.75, 3.05) is 31.1 Å². The monoisotopic (exact) mass is 310 g/mol.